The Morgan fingerprint density at radius 3 is 2.56 bits per heavy atom. The lowest BCUT2D eigenvalue weighted by Gasteiger charge is -2.04. The Labute approximate surface area is 92.9 Å². The molecule has 4 heteroatoms. The van der Waals surface area contributed by atoms with Crippen molar-refractivity contribution in [1.29, 1.82) is 0 Å². The summed E-state index contributed by atoms with van der Waals surface area (Å²) in [4.78, 5) is 22.3. The van der Waals surface area contributed by atoms with Crippen molar-refractivity contribution in [1.82, 2.24) is 4.57 Å². The Morgan fingerprint density at radius 2 is 1.94 bits per heavy atom. The second-order valence-electron chi connectivity index (χ2n) is 3.62. The molecule has 0 radical (unpaired) electrons. The molecule has 0 atom stereocenters. The molecule has 1 N–H and O–H groups in total. The zero-order chi connectivity index (χ0) is 11.7. The molecule has 82 valence electrons. The molecule has 0 saturated carbocycles. The monoisotopic (exact) mass is 216 g/mol. The second-order valence-corrected chi connectivity index (χ2v) is 3.62. The topological polar surface area (TPSA) is 51.1 Å². The van der Waals surface area contributed by atoms with E-state index in [-0.39, 0.29) is 11.8 Å². The van der Waals surface area contributed by atoms with Gasteiger partial charge in [0.25, 0.3) is 0 Å². The van der Waals surface area contributed by atoms with Crippen LogP contribution in [-0.2, 0) is 4.79 Å². The molecule has 0 aliphatic heterocycles. The third-order valence-electron chi connectivity index (χ3n) is 2.38. The highest BCUT2D eigenvalue weighted by Crippen LogP contribution is 2.24. The molecule has 1 amide bonds. The van der Waals surface area contributed by atoms with Crippen molar-refractivity contribution in [2.45, 2.75) is 13.8 Å². The summed E-state index contributed by atoms with van der Waals surface area (Å²) in [6.45, 7) is 2.96. The van der Waals surface area contributed by atoms with Crippen LogP contribution in [-0.4, -0.2) is 16.4 Å². The van der Waals surface area contributed by atoms with Crippen LogP contribution in [0.1, 0.15) is 18.6 Å². The molecule has 1 aromatic heterocycles. The normalized spacial score (nSPS) is 10.4. The maximum Gasteiger partial charge on any atom is 0.227 e. The average molecular weight is 216 g/mol. The zero-order valence-corrected chi connectivity index (χ0v) is 9.15. The Bertz CT molecular complexity index is 569. The standard InChI is InChI=1S/C12H12N2O2/c1-8(15)13-11-4-3-5-12-10(11)6-7-14(12)9(2)16/h3-7H,1-2H3,(H,13,15). The summed E-state index contributed by atoms with van der Waals surface area (Å²) < 4.78 is 1.56. The van der Waals surface area contributed by atoms with E-state index in [0.29, 0.717) is 0 Å². The van der Waals surface area contributed by atoms with E-state index in [2.05, 4.69) is 5.32 Å². The van der Waals surface area contributed by atoms with E-state index in [9.17, 15) is 9.59 Å². The fourth-order valence-electron chi connectivity index (χ4n) is 1.74. The minimum absolute atomic E-state index is 0.0463. The van der Waals surface area contributed by atoms with Crippen LogP contribution in [0.15, 0.2) is 30.5 Å². The Balaban J connectivity index is 2.61. The first-order valence-corrected chi connectivity index (χ1v) is 4.98. The van der Waals surface area contributed by atoms with Crippen LogP contribution in [0.2, 0.25) is 0 Å². The van der Waals surface area contributed by atoms with Gasteiger partial charge in [0.1, 0.15) is 0 Å². The summed E-state index contributed by atoms with van der Waals surface area (Å²) in [5.74, 6) is -0.168. The van der Waals surface area contributed by atoms with Crippen LogP contribution >= 0.6 is 0 Å². The van der Waals surface area contributed by atoms with Crippen molar-refractivity contribution in [3.63, 3.8) is 0 Å². The van der Waals surface area contributed by atoms with Crippen LogP contribution in [0.5, 0.6) is 0 Å². The number of aromatic nitrogens is 1. The van der Waals surface area contributed by atoms with E-state index < -0.39 is 0 Å². The molecule has 1 aromatic carbocycles. The second kappa shape index (κ2) is 3.81. The maximum absolute atomic E-state index is 11.3. The molecule has 4 nitrogen and oxygen atoms in total. The van der Waals surface area contributed by atoms with Gasteiger partial charge in [-0.2, -0.15) is 0 Å². The van der Waals surface area contributed by atoms with Gasteiger partial charge in [0.05, 0.1) is 11.2 Å². The van der Waals surface area contributed by atoms with Gasteiger partial charge in [-0.1, -0.05) is 6.07 Å². The van der Waals surface area contributed by atoms with Gasteiger partial charge in [-0.15, -0.1) is 0 Å². The van der Waals surface area contributed by atoms with E-state index in [1.165, 1.54) is 13.8 Å². The van der Waals surface area contributed by atoms with Gasteiger partial charge in [0, 0.05) is 25.4 Å². The fraction of sp³-hybridized carbons (Fsp3) is 0.167. The highest BCUT2D eigenvalue weighted by atomic mass is 16.2. The molecule has 0 bridgehead atoms. The molecule has 0 unspecified atom stereocenters. The summed E-state index contributed by atoms with van der Waals surface area (Å²) in [6.07, 6.45) is 1.71. The Morgan fingerprint density at radius 1 is 1.19 bits per heavy atom. The first kappa shape index (κ1) is 10.4. The summed E-state index contributed by atoms with van der Waals surface area (Å²) in [5.41, 5.74) is 1.53. The first-order chi connectivity index (χ1) is 7.59. The van der Waals surface area contributed by atoms with Crippen molar-refractivity contribution < 1.29 is 9.59 Å². The summed E-state index contributed by atoms with van der Waals surface area (Å²) in [6, 6.07) is 7.30. The van der Waals surface area contributed by atoms with E-state index in [1.807, 2.05) is 24.3 Å². The number of amides is 1. The lowest BCUT2D eigenvalue weighted by atomic mass is 10.2. The van der Waals surface area contributed by atoms with E-state index in [0.717, 1.165) is 16.6 Å². The molecule has 0 aliphatic carbocycles. The molecular weight excluding hydrogens is 204 g/mol. The Kier molecular flexibility index (Phi) is 2.48. The largest absolute Gasteiger partial charge is 0.326 e. The number of nitrogens with one attached hydrogen (secondary N) is 1. The molecule has 2 rings (SSSR count). The van der Waals surface area contributed by atoms with E-state index in [1.54, 1.807) is 10.8 Å². The number of anilines is 1. The molecule has 0 saturated heterocycles. The number of benzene rings is 1. The van der Waals surface area contributed by atoms with Gasteiger partial charge in [-0.3, -0.25) is 14.2 Å². The van der Waals surface area contributed by atoms with Crippen molar-refractivity contribution in [2.75, 3.05) is 5.32 Å². The van der Waals surface area contributed by atoms with Gasteiger partial charge in [-0.05, 0) is 18.2 Å². The van der Waals surface area contributed by atoms with Crippen molar-refractivity contribution in [2.24, 2.45) is 0 Å². The highest BCUT2D eigenvalue weighted by Gasteiger charge is 2.08. The van der Waals surface area contributed by atoms with Crippen LogP contribution in [0.25, 0.3) is 10.9 Å². The molecule has 0 aliphatic rings. The Hall–Kier alpha value is -2.10. The number of nitrogens with zero attached hydrogens (tertiary/aromatic N) is 1. The number of hydrogen-bond donors (Lipinski definition) is 1. The minimum Gasteiger partial charge on any atom is -0.326 e. The van der Waals surface area contributed by atoms with Gasteiger partial charge in [0.2, 0.25) is 11.8 Å². The third-order valence-corrected chi connectivity index (χ3v) is 2.38. The van der Waals surface area contributed by atoms with Crippen LogP contribution in [0.4, 0.5) is 5.69 Å². The molecule has 2 aromatic rings. The van der Waals surface area contributed by atoms with Crippen LogP contribution in [0, 0.1) is 0 Å². The van der Waals surface area contributed by atoms with Gasteiger partial charge < -0.3 is 5.32 Å². The van der Waals surface area contributed by atoms with Crippen LogP contribution in [0.3, 0.4) is 0 Å². The number of rotatable bonds is 1. The number of carbonyl (C=O) groups excluding carboxylic acids is 2. The lowest BCUT2D eigenvalue weighted by Crippen LogP contribution is -2.06. The molecule has 16 heavy (non-hydrogen) atoms. The average Bonchev–Trinajstić information content (AvgIpc) is 2.61. The van der Waals surface area contributed by atoms with Gasteiger partial charge >= 0.3 is 0 Å². The number of carbonyl (C=O) groups is 2. The molecule has 1 heterocycles. The van der Waals surface area contributed by atoms with Crippen molar-refractivity contribution in [3.05, 3.63) is 30.5 Å². The molecule has 0 spiro atoms. The maximum atomic E-state index is 11.3. The lowest BCUT2D eigenvalue weighted by molar-refractivity contribution is -0.114. The van der Waals surface area contributed by atoms with Gasteiger partial charge in [0.15, 0.2) is 0 Å². The highest BCUT2D eigenvalue weighted by molar-refractivity contribution is 6.03. The van der Waals surface area contributed by atoms with Crippen molar-refractivity contribution >= 4 is 28.4 Å². The predicted molar refractivity (Wildman–Crippen MR) is 62.5 cm³/mol. The van der Waals surface area contributed by atoms with Crippen molar-refractivity contribution in [3.8, 4) is 0 Å². The fourth-order valence-corrected chi connectivity index (χ4v) is 1.74. The van der Waals surface area contributed by atoms with Gasteiger partial charge in [-0.25, -0.2) is 0 Å². The summed E-state index contributed by atoms with van der Waals surface area (Å²) >= 11 is 0. The van der Waals surface area contributed by atoms with E-state index in [4.69, 9.17) is 0 Å². The number of fused-ring (bicyclic) bond motifs is 1. The molecular formula is C12H12N2O2. The third kappa shape index (κ3) is 1.69. The number of hydrogen-bond acceptors (Lipinski definition) is 2. The summed E-state index contributed by atoms with van der Waals surface area (Å²) in [7, 11) is 0. The minimum atomic E-state index is -0.122. The predicted octanol–water partition coefficient (Wildman–Crippen LogP) is 2.26. The smallest absolute Gasteiger partial charge is 0.227 e. The summed E-state index contributed by atoms with van der Waals surface area (Å²) in [5, 5.41) is 3.60. The van der Waals surface area contributed by atoms with Crippen LogP contribution < -0.4 is 5.32 Å². The molecule has 0 fully saturated rings. The zero-order valence-electron chi connectivity index (χ0n) is 9.15. The quantitative estimate of drug-likeness (QED) is 0.794. The first-order valence-electron chi connectivity index (χ1n) is 4.98. The SMILES string of the molecule is CC(=O)Nc1cccc2c1ccn2C(C)=O. The van der Waals surface area contributed by atoms with E-state index >= 15 is 0 Å².